The topological polar surface area (TPSA) is 29.9 Å². The fraction of sp³-hybridized carbons (Fsp3) is 0.250. The van der Waals surface area contributed by atoms with Gasteiger partial charge in [-0.05, 0) is 30.3 Å². The third-order valence-corrected chi connectivity index (χ3v) is 3.96. The molecular weight excluding hydrogens is 415 g/mol. The fourth-order valence-electron chi connectivity index (χ4n) is 2.61. The first-order chi connectivity index (χ1) is 14.3. The number of anilines is 1. The molecule has 0 aliphatic rings. The van der Waals surface area contributed by atoms with Crippen molar-refractivity contribution in [3.8, 4) is 11.1 Å². The molecule has 0 atom stereocenters. The molecule has 10 heteroatoms. The molecule has 3 aromatic rings. The van der Waals surface area contributed by atoms with Crippen molar-refractivity contribution in [2.75, 3.05) is 5.32 Å². The third-order valence-electron chi connectivity index (χ3n) is 3.96. The molecule has 30 heavy (non-hydrogen) atoms. The van der Waals surface area contributed by atoms with Gasteiger partial charge in [-0.1, -0.05) is 19.9 Å². The zero-order chi connectivity index (χ0) is 22.4. The Kier molecular flexibility index (Phi) is 7.85. The highest BCUT2D eigenvalue weighted by atomic mass is 19.3. The van der Waals surface area contributed by atoms with E-state index in [1.165, 1.54) is 12.1 Å². The van der Waals surface area contributed by atoms with Gasteiger partial charge in [0.2, 0.25) is 0 Å². The molecule has 2 aromatic carbocycles. The van der Waals surface area contributed by atoms with Crippen LogP contribution in [-0.2, 0) is 6.54 Å². The number of nitrogens with one attached hydrogen (secondary N) is 1. The summed E-state index contributed by atoms with van der Waals surface area (Å²) in [4.78, 5) is 0. The van der Waals surface area contributed by atoms with Crippen LogP contribution >= 0.6 is 0 Å². The van der Waals surface area contributed by atoms with E-state index in [1.807, 2.05) is 13.8 Å². The molecule has 0 amide bonds. The molecule has 1 heterocycles. The lowest BCUT2D eigenvalue weighted by Crippen LogP contribution is -2.05. The highest BCUT2D eigenvalue weighted by Gasteiger charge is 2.24. The molecule has 1 N–H and O–H groups in total. The van der Waals surface area contributed by atoms with Gasteiger partial charge in [0.05, 0.1) is 0 Å². The van der Waals surface area contributed by atoms with Crippen molar-refractivity contribution in [1.82, 2.24) is 9.78 Å². The van der Waals surface area contributed by atoms with Crippen LogP contribution < -0.4 is 5.32 Å². The second-order valence-corrected chi connectivity index (χ2v) is 5.73. The van der Waals surface area contributed by atoms with Gasteiger partial charge in [-0.25, -0.2) is 26.6 Å². The zero-order valence-electron chi connectivity index (χ0n) is 15.9. The number of hydrogen-bond donors (Lipinski definition) is 1. The number of benzene rings is 2. The normalized spacial score (nSPS) is 10.9. The maximum Gasteiger partial charge on any atom is 0.333 e. The van der Waals surface area contributed by atoms with Crippen LogP contribution in [0.1, 0.15) is 38.1 Å². The van der Waals surface area contributed by atoms with E-state index >= 15 is 0 Å². The Morgan fingerprint density at radius 3 is 2.07 bits per heavy atom. The highest BCUT2D eigenvalue weighted by Crippen LogP contribution is 2.34. The SMILES string of the molecule is CC.Fc1cc(NCc2c(F)cccc2F)ccc1-c1cn(C(F)F)nc1C(F)F. The molecule has 0 saturated carbocycles. The van der Waals surface area contributed by atoms with Crippen molar-refractivity contribution in [3.05, 3.63) is 71.3 Å². The lowest BCUT2D eigenvalue weighted by Gasteiger charge is -2.10. The van der Waals surface area contributed by atoms with Crippen LogP contribution in [0, 0.1) is 17.5 Å². The first-order valence-corrected chi connectivity index (χ1v) is 8.90. The number of halogens is 7. The van der Waals surface area contributed by atoms with Crippen molar-refractivity contribution >= 4 is 5.69 Å². The van der Waals surface area contributed by atoms with Crippen molar-refractivity contribution in [2.24, 2.45) is 0 Å². The first kappa shape index (κ1) is 23.2. The summed E-state index contributed by atoms with van der Waals surface area (Å²) in [7, 11) is 0. The maximum atomic E-state index is 14.4. The van der Waals surface area contributed by atoms with E-state index in [4.69, 9.17) is 0 Å². The standard InChI is InChI=1S/C18H12F7N3.C2H6/c19-13-2-1-3-14(20)11(13)7-26-9-4-5-10(15(21)6-9)12-8-28(18(24)25)27-16(12)17(22)23;1-2/h1-6,8,17-18,26H,7H2;1-2H3. The summed E-state index contributed by atoms with van der Waals surface area (Å²) in [5, 5.41) is 5.71. The average Bonchev–Trinajstić information content (AvgIpc) is 3.15. The second kappa shape index (κ2) is 10.1. The molecule has 0 bridgehead atoms. The average molecular weight is 433 g/mol. The van der Waals surface area contributed by atoms with Crippen LogP contribution in [0.15, 0.2) is 42.6 Å². The molecule has 162 valence electrons. The van der Waals surface area contributed by atoms with E-state index in [0.29, 0.717) is 6.20 Å². The van der Waals surface area contributed by atoms with E-state index < -0.39 is 41.7 Å². The molecule has 1 aromatic heterocycles. The summed E-state index contributed by atoms with van der Waals surface area (Å²) < 4.78 is 93.2. The molecule has 0 fully saturated rings. The lowest BCUT2D eigenvalue weighted by atomic mass is 10.1. The van der Waals surface area contributed by atoms with Gasteiger partial charge in [0.15, 0.2) is 0 Å². The van der Waals surface area contributed by atoms with Gasteiger partial charge in [-0.2, -0.15) is 13.9 Å². The van der Waals surface area contributed by atoms with Gasteiger partial charge in [-0.15, -0.1) is 0 Å². The van der Waals surface area contributed by atoms with Gasteiger partial charge in [0.25, 0.3) is 6.43 Å². The summed E-state index contributed by atoms with van der Waals surface area (Å²) in [5.41, 5.74) is -1.95. The smallest absolute Gasteiger partial charge is 0.333 e. The van der Waals surface area contributed by atoms with Crippen LogP contribution in [0.3, 0.4) is 0 Å². The Morgan fingerprint density at radius 1 is 0.900 bits per heavy atom. The molecular formula is C20H18F7N3. The summed E-state index contributed by atoms with van der Waals surface area (Å²) in [6.07, 6.45) is -2.55. The minimum Gasteiger partial charge on any atom is -0.381 e. The van der Waals surface area contributed by atoms with E-state index in [9.17, 15) is 30.7 Å². The largest absolute Gasteiger partial charge is 0.381 e. The van der Waals surface area contributed by atoms with E-state index in [0.717, 1.165) is 24.3 Å². The molecule has 0 aliphatic carbocycles. The van der Waals surface area contributed by atoms with Crippen molar-refractivity contribution < 1.29 is 30.7 Å². The van der Waals surface area contributed by atoms with Crippen LogP contribution in [0.25, 0.3) is 11.1 Å². The molecule has 0 aliphatic heterocycles. The first-order valence-electron chi connectivity index (χ1n) is 8.90. The minimum absolute atomic E-state index is 0.0172. The zero-order valence-corrected chi connectivity index (χ0v) is 15.9. The number of nitrogens with zero attached hydrogens (tertiary/aromatic N) is 2. The number of rotatable bonds is 6. The molecule has 0 spiro atoms. The summed E-state index contributed by atoms with van der Waals surface area (Å²) in [6.45, 7) is 0.550. The third kappa shape index (κ3) is 5.11. The van der Waals surface area contributed by atoms with Crippen LogP contribution in [-0.4, -0.2) is 9.78 Å². The monoisotopic (exact) mass is 433 g/mol. The minimum atomic E-state index is -3.18. The van der Waals surface area contributed by atoms with Gasteiger partial charge in [-0.3, -0.25) is 0 Å². The molecule has 0 radical (unpaired) electrons. The second-order valence-electron chi connectivity index (χ2n) is 5.73. The summed E-state index contributed by atoms with van der Waals surface area (Å²) >= 11 is 0. The quantitative estimate of drug-likeness (QED) is 0.427. The fourth-order valence-corrected chi connectivity index (χ4v) is 2.61. The summed E-state index contributed by atoms with van der Waals surface area (Å²) in [6, 6.07) is 6.60. The van der Waals surface area contributed by atoms with Crippen molar-refractivity contribution in [3.63, 3.8) is 0 Å². The predicted octanol–water partition coefficient (Wildman–Crippen LogP) is 6.94. The molecule has 0 unspecified atom stereocenters. The Hall–Kier alpha value is -3.04. The van der Waals surface area contributed by atoms with Gasteiger partial charge < -0.3 is 5.32 Å². The highest BCUT2D eigenvalue weighted by molar-refractivity contribution is 5.68. The van der Waals surface area contributed by atoms with E-state index in [2.05, 4.69) is 10.4 Å². The van der Waals surface area contributed by atoms with Crippen LogP contribution in [0.5, 0.6) is 0 Å². The Labute approximate surface area is 168 Å². The summed E-state index contributed by atoms with van der Waals surface area (Å²) in [5.74, 6) is -2.56. The van der Waals surface area contributed by atoms with Gasteiger partial charge >= 0.3 is 6.55 Å². The predicted molar refractivity (Wildman–Crippen MR) is 98.9 cm³/mol. The Bertz CT molecular complexity index is 966. The van der Waals surface area contributed by atoms with E-state index in [-0.39, 0.29) is 28.0 Å². The molecule has 3 nitrogen and oxygen atoms in total. The molecule has 0 saturated heterocycles. The Balaban J connectivity index is 0.00000155. The number of aromatic nitrogens is 2. The van der Waals surface area contributed by atoms with E-state index in [1.54, 1.807) is 0 Å². The lowest BCUT2D eigenvalue weighted by molar-refractivity contribution is 0.0537. The maximum absolute atomic E-state index is 14.4. The van der Waals surface area contributed by atoms with Gasteiger partial charge in [0, 0.05) is 35.1 Å². The molecule has 3 rings (SSSR count). The Morgan fingerprint density at radius 2 is 1.53 bits per heavy atom. The van der Waals surface area contributed by atoms with Crippen LogP contribution in [0.2, 0.25) is 0 Å². The van der Waals surface area contributed by atoms with Gasteiger partial charge in [0.1, 0.15) is 23.1 Å². The van der Waals surface area contributed by atoms with Crippen LogP contribution in [0.4, 0.5) is 36.4 Å². The number of alkyl halides is 4. The number of hydrogen-bond acceptors (Lipinski definition) is 2. The van der Waals surface area contributed by atoms with Crippen molar-refractivity contribution in [2.45, 2.75) is 33.4 Å². The van der Waals surface area contributed by atoms with Crippen molar-refractivity contribution in [1.29, 1.82) is 0 Å².